The number of anilines is 1. The second-order valence-corrected chi connectivity index (χ2v) is 9.34. The van der Waals surface area contributed by atoms with E-state index in [-0.39, 0.29) is 12.5 Å². The van der Waals surface area contributed by atoms with Crippen LogP contribution in [-0.2, 0) is 16.6 Å². The summed E-state index contributed by atoms with van der Waals surface area (Å²) in [6, 6.07) is 16.2. The van der Waals surface area contributed by atoms with E-state index >= 15 is 0 Å². The van der Waals surface area contributed by atoms with E-state index in [0.717, 1.165) is 24.8 Å². The summed E-state index contributed by atoms with van der Waals surface area (Å²) in [7, 11) is -3.45. The van der Waals surface area contributed by atoms with Gasteiger partial charge in [0.15, 0.2) is 0 Å². The van der Waals surface area contributed by atoms with Crippen LogP contribution in [0.25, 0.3) is 0 Å². The van der Waals surface area contributed by atoms with Crippen LogP contribution in [-0.4, -0.2) is 27.1 Å². The monoisotopic (exact) mass is 416 g/mol. The Labute approximate surface area is 175 Å². The number of unbranched alkanes of at least 4 members (excludes halogenated alkanes) is 1. The number of benzene rings is 2. The zero-order chi connectivity index (χ0) is 21.3. The first-order valence-electron chi connectivity index (χ1n) is 10.2. The fraction of sp³-hybridized carbons (Fsp3) is 0.435. The maximum absolute atomic E-state index is 12.5. The lowest BCUT2D eigenvalue weighted by Crippen LogP contribution is -2.30. The first-order chi connectivity index (χ1) is 13.8. The molecule has 0 aliphatic carbocycles. The summed E-state index contributed by atoms with van der Waals surface area (Å²) in [4.78, 5) is 12.5. The van der Waals surface area contributed by atoms with Crippen molar-refractivity contribution in [2.45, 2.75) is 46.1 Å². The normalized spacial score (nSPS) is 12.4. The Hall–Kier alpha value is -2.34. The molecule has 29 heavy (non-hydrogen) atoms. The Morgan fingerprint density at radius 2 is 1.69 bits per heavy atom. The average Bonchev–Trinajstić information content (AvgIpc) is 2.72. The molecule has 0 radical (unpaired) electrons. The molecule has 0 bridgehead atoms. The van der Waals surface area contributed by atoms with Gasteiger partial charge in [0, 0.05) is 12.1 Å². The number of nitrogens with one attached hydrogen (secondary N) is 1. The molecule has 158 valence electrons. The van der Waals surface area contributed by atoms with Gasteiger partial charge < -0.3 is 5.32 Å². The highest BCUT2D eigenvalue weighted by atomic mass is 32.2. The third kappa shape index (κ3) is 7.20. The van der Waals surface area contributed by atoms with Gasteiger partial charge in [-0.2, -0.15) is 0 Å². The molecule has 5 nitrogen and oxygen atoms in total. The number of hydrogen-bond donors (Lipinski definition) is 1. The van der Waals surface area contributed by atoms with Gasteiger partial charge in [0.05, 0.1) is 18.5 Å². The molecule has 0 saturated heterocycles. The lowest BCUT2D eigenvalue weighted by atomic mass is 9.99. The Morgan fingerprint density at radius 3 is 2.24 bits per heavy atom. The largest absolute Gasteiger partial charge is 0.352 e. The molecule has 2 rings (SSSR count). The van der Waals surface area contributed by atoms with Gasteiger partial charge in [0.2, 0.25) is 10.0 Å². The highest BCUT2D eigenvalue weighted by Gasteiger charge is 2.18. The maximum Gasteiger partial charge on any atom is 0.251 e. The van der Waals surface area contributed by atoms with Crippen molar-refractivity contribution >= 4 is 21.6 Å². The van der Waals surface area contributed by atoms with Gasteiger partial charge in [-0.1, -0.05) is 63.4 Å². The van der Waals surface area contributed by atoms with Gasteiger partial charge >= 0.3 is 0 Å². The zero-order valence-corrected chi connectivity index (χ0v) is 18.4. The number of rotatable bonds is 11. The first kappa shape index (κ1) is 22.9. The van der Waals surface area contributed by atoms with Crippen molar-refractivity contribution in [3.05, 3.63) is 65.7 Å². The quantitative estimate of drug-likeness (QED) is 0.582. The molecule has 1 N–H and O–H groups in total. The van der Waals surface area contributed by atoms with Crippen LogP contribution in [0.5, 0.6) is 0 Å². The minimum Gasteiger partial charge on any atom is -0.352 e. The molecule has 0 aromatic heterocycles. The zero-order valence-electron chi connectivity index (χ0n) is 17.6. The van der Waals surface area contributed by atoms with Crippen molar-refractivity contribution in [2.24, 2.45) is 5.92 Å². The first-order valence-corrected chi connectivity index (χ1v) is 12.1. The Bertz CT molecular complexity index is 865. The lowest BCUT2D eigenvalue weighted by Gasteiger charge is -2.23. The van der Waals surface area contributed by atoms with Crippen molar-refractivity contribution in [3.63, 3.8) is 0 Å². The molecule has 2 aromatic carbocycles. The molecule has 1 amide bonds. The number of carbonyl (C=O) groups is 1. The van der Waals surface area contributed by atoms with Crippen molar-refractivity contribution in [2.75, 3.05) is 17.1 Å². The summed E-state index contributed by atoms with van der Waals surface area (Å²) in [6.07, 6.45) is 5.69. The summed E-state index contributed by atoms with van der Waals surface area (Å²) >= 11 is 0. The van der Waals surface area contributed by atoms with E-state index < -0.39 is 10.0 Å². The van der Waals surface area contributed by atoms with Gasteiger partial charge in [0.1, 0.15) is 0 Å². The smallest absolute Gasteiger partial charge is 0.251 e. The van der Waals surface area contributed by atoms with Crippen LogP contribution in [0.1, 0.15) is 55.5 Å². The molecule has 0 aliphatic heterocycles. The summed E-state index contributed by atoms with van der Waals surface area (Å²) in [5, 5.41) is 3.01. The summed E-state index contributed by atoms with van der Waals surface area (Å²) in [5.41, 5.74) is 1.98. The second-order valence-electron chi connectivity index (χ2n) is 7.43. The van der Waals surface area contributed by atoms with Gasteiger partial charge in [-0.3, -0.25) is 9.10 Å². The van der Waals surface area contributed by atoms with Crippen molar-refractivity contribution in [1.29, 1.82) is 0 Å². The third-order valence-corrected chi connectivity index (χ3v) is 6.22. The Balaban J connectivity index is 2.07. The third-order valence-electron chi connectivity index (χ3n) is 5.08. The molecular weight excluding hydrogens is 384 g/mol. The predicted octanol–water partition coefficient (Wildman–Crippen LogP) is 4.60. The number of carbonyl (C=O) groups excluding carboxylic acids is 1. The lowest BCUT2D eigenvalue weighted by molar-refractivity contribution is 0.0946. The SMILES string of the molecule is CCCC[C@@H](CC)CNC(=O)c1ccc(N(Cc2ccccc2)S(C)(=O)=O)cc1. The summed E-state index contributed by atoms with van der Waals surface area (Å²) in [6.45, 7) is 5.24. The molecule has 0 unspecified atom stereocenters. The van der Waals surface area contributed by atoms with Gasteiger partial charge in [0.25, 0.3) is 5.91 Å². The van der Waals surface area contributed by atoms with Crippen LogP contribution in [0.2, 0.25) is 0 Å². The van der Waals surface area contributed by atoms with Crippen molar-refractivity contribution < 1.29 is 13.2 Å². The fourth-order valence-corrected chi connectivity index (χ4v) is 4.10. The fourth-order valence-electron chi connectivity index (χ4n) is 3.21. The molecule has 0 heterocycles. The van der Waals surface area contributed by atoms with Crippen molar-refractivity contribution in [3.8, 4) is 0 Å². The second kappa shape index (κ2) is 11.0. The van der Waals surface area contributed by atoms with Crippen molar-refractivity contribution in [1.82, 2.24) is 5.32 Å². The molecule has 0 spiro atoms. The van der Waals surface area contributed by atoms with Crippen LogP contribution in [0.3, 0.4) is 0 Å². The number of sulfonamides is 1. The van der Waals surface area contributed by atoms with Gasteiger partial charge in [-0.15, -0.1) is 0 Å². The average molecular weight is 417 g/mol. The van der Waals surface area contributed by atoms with E-state index in [1.165, 1.54) is 17.0 Å². The maximum atomic E-state index is 12.5. The number of nitrogens with zero attached hydrogens (tertiary/aromatic N) is 1. The van der Waals surface area contributed by atoms with E-state index in [1.807, 2.05) is 30.3 Å². The van der Waals surface area contributed by atoms with Crippen LogP contribution in [0.15, 0.2) is 54.6 Å². The van der Waals surface area contributed by atoms with Crippen LogP contribution < -0.4 is 9.62 Å². The minimum absolute atomic E-state index is 0.125. The molecule has 2 aromatic rings. The van der Waals surface area contributed by atoms with E-state index in [2.05, 4.69) is 19.2 Å². The van der Waals surface area contributed by atoms with Gasteiger partial charge in [-0.25, -0.2) is 8.42 Å². The highest BCUT2D eigenvalue weighted by Crippen LogP contribution is 2.21. The molecular formula is C23H32N2O3S. The van der Waals surface area contributed by atoms with Crippen LogP contribution >= 0.6 is 0 Å². The Morgan fingerprint density at radius 1 is 1.03 bits per heavy atom. The standard InChI is InChI=1S/C23H32N2O3S/c1-4-6-10-19(5-2)17-24-23(26)21-13-15-22(16-14-21)25(29(3,27)28)18-20-11-8-7-9-12-20/h7-9,11-16,19H,4-6,10,17-18H2,1-3H3,(H,24,26)/t19-/m1/s1. The molecule has 0 saturated carbocycles. The van der Waals surface area contributed by atoms with Crippen LogP contribution in [0.4, 0.5) is 5.69 Å². The Kier molecular flexibility index (Phi) is 8.70. The predicted molar refractivity (Wildman–Crippen MR) is 120 cm³/mol. The van der Waals surface area contributed by atoms with Gasteiger partial charge in [-0.05, 0) is 42.2 Å². The molecule has 0 aliphatic rings. The topological polar surface area (TPSA) is 66.5 Å². The number of hydrogen-bond acceptors (Lipinski definition) is 3. The van der Waals surface area contributed by atoms with E-state index in [9.17, 15) is 13.2 Å². The van der Waals surface area contributed by atoms with E-state index in [4.69, 9.17) is 0 Å². The summed E-state index contributed by atoms with van der Waals surface area (Å²) in [5.74, 6) is 0.366. The van der Waals surface area contributed by atoms with E-state index in [1.54, 1.807) is 24.3 Å². The highest BCUT2D eigenvalue weighted by molar-refractivity contribution is 7.92. The minimum atomic E-state index is -3.45. The van der Waals surface area contributed by atoms with E-state index in [0.29, 0.717) is 23.7 Å². The summed E-state index contributed by atoms with van der Waals surface area (Å²) < 4.78 is 25.9. The number of amides is 1. The molecule has 0 fully saturated rings. The van der Waals surface area contributed by atoms with Crippen LogP contribution in [0, 0.1) is 5.92 Å². The molecule has 6 heteroatoms. The molecule has 1 atom stereocenters.